The number of fused-ring (bicyclic) bond motifs is 13. The lowest BCUT2D eigenvalue weighted by molar-refractivity contribution is 0.670. The zero-order valence-electron chi connectivity index (χ0n) is 22.0. The van der Waals surface area contributed by atoms with Gasteiger partial charge < -0.3 is 4.42 Å². The van der Waals surface area contributed by atoms with E-state index >= 15 is 0 Å². The second kappa shape index (κ2) is 8.48. The maximum absolute atomic E-state index is 6.53. The van der Waals surface area contributed by atoms with Crippen molar-refractivity contribution in [2.24, 2.45) is 0 Å². The third-order valence-electron chi connectivity index (χ3n) is 8.37. The number of pyridine rings is 2. The van der Waals surface area contributed by atoms with E-state index in [0.717, 1.165) is 55.2 Å². The van der Waals surface area contributed by atoms with Crippen molar-refractivity contribution in [3.8, 4) is 55.6 Å². The SMILES string of the molecule is c1ccc2c(c1)-c1cnc3ncccc3c1-c1ccccc1-c1cccc(-c3cccc4c3oc3ccccc34)c1-2. The molecule has 0 radical (unpaired) electrons. The minimum Gasteiger partial charge on any atom is -0.455 e. The molecule has 0 aliphatic heterocycles. The molecule has 9 rings (SSSR count). The average molecular weight is 523 g/mol. The third-order valence-corrected chi connectivity index (χ3v) is 8.37. The Kier molecular flexibility index (Phi) is 4.61. The van der Waals surface area contributed by atoms with Crippen molar-refractivity contribution in [3.05, 3.63) is 134 Å². The van der Waals surface area contributed by atoms with Crippen molar-refractivity contribution < 1.29 is 4.42 Å². The van der Waals surface area contributed by atoms with Crippen LogP contribution in [0, 0.1) is 0 Å². The maximum atomic E-state index is 6.53. The lowest BCUT2D eigenvalue weighted by Gasteiger charge is -2.25. The molecule has 190 valence electrons. The number of rotatable bonds is 1. The molecule has 0 saturated carbocycles. The van der Waals surface area contributed by atoms with Gasteiger partial charge in [0.25, 0.3) is 0 Å². The summed E-state index contributed by atoms with van der Waals surface area (Å²) in [5.41, 5.74) is 14.2. The van der Waals surface area contributed by atoms with E-state index in [4.69, 9.17) is 9.40 Å². The molecule has 41 heavy (non-hydrogen) atoms. The van der Waals surface area contributed by atoms with Crippen LogP contribution >= 0.6 is 0 Å². The lowest BCUT2D eigenvalue weighted by Crippen LogP contribution is -2.00. The van der Waals surface area contributed by atoms with E-state index in [1.165, 1.54) is 33.4 Å². The molecule has 3 heterocycles. The van der Waals surface area contributed by atoms with Gasteiger partial charge in [-0.3, -0.25) is 0 Å². The van der Waals surface area contributed by atoms with Crippen molar-refractivity contribution in [1.29, 1.82) is 0 Å². The molecule has 0 saturated heterocycles. The van der Waals surface area contributed by atoms with Crippen molar-refractivity contribution >= 4 is 33.0 Å². The van der Waals surface area contributed by atoms with Crippen molar-refractivity contribution in [3.63, 3.8) is 0 Å². The van der Waals surface area contributed by atoms with Crippen molar-refractivity contribution in [2.45, 2.75) is 0 Å². The average Bonchev–Trinajstić information content (AvgIpc) is 3.42. The van der Waals surface area contributed by atoms with Crippen molar-refractivity contribution in [1.82, 2.24) is 9.97 Å². The highest BCUT2D eigenvalue weighted by Crippen LogP contribution is 2.52. The first-order chi connectivity index (χ1) is 20.4. The molecule has 0 N–H and O–H groups in total. The van der Waals surface area contributed by atoms with Crippen LogP contribution in [0.3, 0.4) is 0 Å². The van der Waals surface area contributed by atoms with Gasteiger partial charge in [-0.15, -0.1) is 0 Å². The summed E-state index contributed by atoms with van der Waals surface area (Å²) < 4.78 is 6.53. The van der Waals surface area contributed by atoms with Crippen LogP contribution in [-0.2, 0) is 0 Å². The summed E-state index contributed by atoms with van der Waals surface area (Å²) in [6.45, 7) is 0. The van der Waals surface area contributed by atoms with Crippen LogP contribution in [0.1, 0.15) is 0 Å². The summed E-state index contributed by atoms with van der Waals surface area (Å²) in [5.74, 6) is 0. The number of aromatic nitrogens is 2. The maximum Gasteiger partial charge on any atom is 0.159 e. The molecule has 3 nitrogen and oxygen atoms in total. The van der Waals surface area contributed by atoms with Crippen LogP contribution in [0.25, 0.3) is 88.6 Å². The van der Waals surface area contributed by atoms with Crippen LogP contribution in [0.2, 0.25) is 0 Å². The van der Waals surface area contributed by atoms with Gasteiger partial charge in [-0.25, -0.2) is 9.97 Å². The number of hydrogen-bond acceptors (Lipinski definition) is 3. The van der Waals surface area contributed by atoms with Crippen LogP contribution in [-0.4, -0.2) is 9.97 Å². The van der Waals surface area contributed by atoms with Gasteiger partial charge >= 0.3 is 0 Å². The summed E-state index contributed by atoms with van der Waals surface area (Å²) in [6, 6.07) is 42.9. The van der Waals surface area contributed by atoms with Gasteiger partial charge in [-0.1, -0.05) is 103 Å². The van der Waals surface area contributed by atoms with E-state index in [1.807, 2.05) is 30.6 Å². The van der Waals surface area contributed by atoms with E-state index in [1.54, 1.807) is 0 Å². The number of hydrogen-bond donors (Lipinski definition) is 0. The summed E-state index contributed by atoms with van der Waals surface area (Å²) in [6.07, 6.45) is 3.80. The fourth-order valence-electron chi connectivity index (χ4n) is 6.65. The number of nitrogens with zero attached hydrogens (tertiary/aromatic N) is 2. The number of benzene rings is 5. The van der Waals surface area contributed by atoms with Crippen LogP contribution in [0.4, 0.5) is 0 Å². The van der Waals surface area contributed by atoms with E-state index in [-0.39, 0.29) is 0 Å². The molecule has 0 fully saturated rings. The molecule has 1 aliphatic rings. The molecule has 0 bridgehead atoms. The van der Waals surface area contributed by atoms with Gasteiger partial charge in [0.05, 0.1) is 0 Å². The van der Waals surface area contributed by atoms with E-state index in [9.17, 15) is 0 Å². The van der Waals surface area contributed by atoms with Crippen molar-refractivity contribution in [2.75, 3.05) is 0 Å². The zero-order chi connectivity index (χ0) is 26.9. The van der Waals surface area contributed by atoms with Gasteiger partial charge in [0.1, 0.15) is 11.2 Å². The summed E-state index contributed by atoms with van der Waals surface area (Å²) >= 11 is 0. The number of para-hydroxylation sites is 2. The molecule has 0 spiro atoms. The van der Waals surface area contributed by atoms with Gasteiger partial charge in [0.15, 0.2) is 5.65 Å². The fourth-order valence-corrected chi connectivity index (χ4v) is 6.65. The Balaban J connectivity index is 1.45. The Hall–Kier alpha value is -5.54. The highest BCUT2D eigenvalue weighted by molar-refractivity contribution is 6.15. The van der Waals surface area contributed by atoms with Gasteiger partial charge in [-0.05, 0) is 57.1 Å². The second-order valence-corrected chi connectivity index (χ2v) is 10.5. The second-order valence-electron chi connectivity index (χ2n) is 10.5. The van der Waals surface area contributed by atoms with Gasteiger partial charge in [0.2, 0.25) is 0 Å². The largest absolute Gasteiger partial charge is 0.455 e. The van der Waals surface area contributed by atoms with Gasteiger partial charge in [-0.2, -0.15) is 0 Å². The Labute approximate surface area is 236 Å². The monoisotopic (exact) mass is 522 g/mol. The Morgan fingerprint density at radius 1 is 0.390 bits per heavy atom. The summed E-state index contributed by atoms with van der Waals surface area (Å²) in [4.78, 5) is 9.41. The normalized spacial score (nSPS) is 11.9. The highest BCUT2D eigenvalue weighted by atomic mass is 16.3. The summed E-state index contributed by atoms with van der Waals surface area (Å²) in [7, 11) is 0. The molecule has 5 aromatic carbocycles. The first-order valence-electron chi connectivity index (χ1n) is 13.8. The molecule has 1 aliphatic carbocycles. The van der Waals surface area contributed by atoms with Crippen LogP contribution in [0.15, 0.2) is 138 Å². The molecule has 0 unspecified atom stereocenters. The lowest BCUT2D eigenvalue weighted by atomic mass is 9.78. The summed E-state index contributed by atoms with van der Waals surface area (Å²) in [5, 5.41) is 3.32. The zero-order valence-corrected chi connectivity index (χ0v) is 22.0. The van der Waals surface area contributed by atoms with Crippen LogP contribution in [0.5, 0.6) is 0 Å². The molecular formula is C38H22N2O. The third kappa shape index (κ3) is 3.14. The van der Waals surface area contributed by atoms with E-state index < -0.39 is 0 Å². The molecule has 3 aromatic heterocycles. The molecule has 3 heteroatoms. The molecule has 0 atom stereocenters. The fraction of sp³-hybridized carbons (Fsp3) is 0. The molecule has 0 amide bonds. The quantitative estimate of drug-likeness (QED) is 0.215. The molecule has 8 aromatic rings. The van der Waals surface area contributed by atoms with E-state index in [2.05, 4.69) is 108 Å². The first kappa shape index (κ1) is 22.3. The Bertz CT molecular complexity index is 2320. The first-order valence-corrected chi connectivity index (χ1v) is 13.8. The highest BCUT2D eigenvalue weighted by Gasteiger charge is 2.26. The Morgan fingerprint density at radius 3 is 1.83 bits per heavy atom. The van der Waals surface area contributed by atoms with E-state index in [0.29, 0.717) is 0 Å². The minimum absolute atomic E-state index is 0.754. The Morgan fingerprint density at radius 2 is 0.976 bits per heavy atom. The predicted octanol–water partition coefficient (Wildman–Crippen LogP) is 10.2. The predicted molar refractivity (Wildman–Crippen MR) is 168 cm³/mol. The smallest absolute Gasteiger partial charge is 0.159 e. The standard InChI is InChI=1S/C38H22N2O/c1-3-13-26-23(10-1)28-15-7-16-29(31-18-8-17-30-25-12-5-6-20-34(25)41-37(30)31)35(28)27-14-4-2-11-24(27)33-22-40-38-32(36(26)33)19-9-21-39-38/h1-22H. The molecular weight excluding hydrogens is 500 g/mol. The van der Waals surface area contributed by atoms with Gasteiger partial charge in [0, 0.05) is 45.2 Å². The van der Waals surface area contributed by atoms with Crippen LogP contribution < -0.4 is 0 Å². The minimum atomic E-state index is 0.754. The number of furan rings is 1. The topological polar surface area (TPSA) is 38.9 Å².